The number of fused-ring (bicyclic) bond motifs is 1. The maximum absolute atomic E-state index is 5.68. The molecule has 2 aromatic carbocycles. The van der Waals surface area contributed by atoms with Gasteiger partial charge in [-0.05, 0) is 17.7 Å². The largest absolute Gasteiger partial charge is 0.315 e. The molecular weight excluding hydrogens is 326 g/mol. The summed E-state index contributed by atoms with van der Waals surface area (Å²) in [7, 11) is 0. The fourth-order valence-corrected chi connectivity index (χ4v) is 3.53. The molecule has 1 aromatic heterocycles. The van der Waals surface area contributed by atoms with Gasteiger partial charge in [0.05, 0.1) is 17.6 Å². The number of imidazole rings is 1. The molecule has 0 aliphatic rings. The van der Waals surface area contributed by atoms with Crippen LogP contribution in [0.2, 0.25) is 0 Å². The molecule has 0 bridgehead atoms. The predicted octanol–water partition coefficient (Wildman–Crippen LogP) is 4.01. The molecule has 3 rings (SSSR count). The fourth-order valence-electron chi connectivity index (χ4n) is 2.49. The second-order valence-electron chi connectivity index (χ2n) is 5.24. The quantitative estimate of drug-likeness (QED) is 0.380. The summed E-state index contributed by atoms with van der Waals surface area (Å²) < 4.78 is 2.30. The normalized spacial score (nSPS) is 11.2. The van der Waals surface area contributed by atoms with Crippen molar-refractivity contribution in [1.29, 1.82) is 0 Å². The first kappa shape index (κ1) is 16.4. The van der Waals surface area contributed by atoms with Crippen LogP contribution >= 0.6 is 23.4 Å². The van der Waals surface area contributed by atoms with Crippen LogP contribution in [0.5, 0.6) is 0 Å². The van der Waals surface area contributed by atoms with E-state index in [-0.39, 0.29) is 0 Å². The highest BCUT2D eigenvalue weighted by atomic mass is 35.5. The maximum atomic E-state index is 5.68. The van der Waals surface area contributed by atoms with E-state index in [2.05, 4.69) is 52.3 Å². The zero-order chi connectivity index (χ0) is 15.9. The highest BCUT2D eigenvalue weighted by Crippen LogP contribution is 2.24. The molecule has 3 nitrogen and oxygen atoms in total. The molecule has 1 heterocycles. The van der Waals surface area contributed by atoms with Crippen LogP contribution in [0.3, 0.4) is 0 Å². The second-order valence-corrected chi connectivity index (χ2v) is 6.68. The van der Waals surface area contributed by atoms with Crippen molar-refractivity contribution in [1.82, 2.24) is 14.9 Å². The number of thioether (sulfide) groups is 1. The third-order valence-corrected chi connectivity index (χ3v) is 4.75. The monoisotopic (exact) mass is 345 g/mol. The Morgan fingerprint density at radius 1 is 1.00 bits per heavy atom. The molecule has 0 fully saturated rings. The summed E-state index contributed by atoms with van der Waals surface area (Å²) in [6, 6.07) is 18.9. The molecule has 0 aliphatic heterocycles. The molecule has 120 valence electrons. The van der Waals surface area contributed by atoms with Gasteiger partial charge in [0.1, 0.15) is 0 Å². The molecular formula is C18H20ClN3S. The first-order valence-electron chi connectivity index (χ1n) is 7.77. The van der Waals surface area contributed by atoms with Crippen LogP contribution < -0.4 is 5.32 Å². The van der Waals surface area contributed by atoms with E-state index in [4.69, 9.17) is 16.6 Å². The Balaban J connectivity index is 1.80. The Morgan fingerprint density at radius 2 is 1.78 bits per heavy atom. The van der Waals surface area contributed by atoms with Crippen LogP contribution in [0, 0.1) is 0 Å². The topological polar surface area (TPSA) is 29.9 Å². The van der Waals surface area contributed by atoms with Gasteiger partial charge in [-0.25, -0.2) is 4.98 Å². The van der Waals surface area contributed by atoms with E-state index in [9.17, 15) is 0 Å². The van der Waals surface area contributed by atoms with Gasteiger partial charge in [0.25, 0.3) is 0 Å². The van der Waals surface area contributed by atoms with Gasteiger partial charge in [0.15, 0.2) is 5.16 Å². The minimum atomic E-state index is 0.650. The van der Waals surface area contributed by atoms with E-state index in [1.807, 2.05) is 12.1 Å². The van der Waals surface area contributed by atoms with Crippen molar-refractivity contribution in [2.24, 2.45) is 0 Å². The van der Waals surface area contributed by atoms with Gasteiger partial charge in [-0.1, -0.05) is 54.2 Å². The fraction of sp³-hybridized carbons (Fsp3) is 0.278. The van der Waals surface area contributed by atoms with Crippen molar-refractivity contribution in [3.8, 4) is 0 Å². The smallest absolute Gasteiger partial charge is 0.169 e. The predicted molar refractivity (Wildman–Crippen MR) is 99.6 cm³/mol. The van der Waals surface area contributed by atoms with Gasteiger partial charge in [-0.3, -0.25) is 0 Å². The summed E-state index contributed by atoms with van der Waals surface area (Å²) in [5.41, 5.74) is 3.53. The van der Waals surface area contributed by atoms with Gasteiger partial charge in [0, 0.05) is 24.7 Å². The van der Waals surface area contributed by atoms with Gasteiger partial charge in [-0.2, -0.15) is 0 Å². The van der Waals surface area contributed by atoms with Gasteiger partial charge >= 0.3 is 0 Å². The Kier molecular flexibility index (Phi) is 5.97. The number of nitrogens with one attached hydrogen (secondary N) is 1. The molecule has 5 heteroatoms. The third-order valence-electron chi connectivity index (χ3n) is 3.58. The standard InChI is InChI=1S/C18H20ClN3S/c19-10-11-20-12-13-23-18-21-16-8-4-5-9-17(16)22(18)14-15-6-2-1-3-7-15/h1-9,20H,10-14H2. The van der Waals surface area contributed by atoms with Crippen LogP contribution in [0.15, 0.2) is 59.8 Å². The molecule has 23 heavy (non-hydrogen) atoms. The number of rotatable bonds is 8. The van der Waals surface area contributed by atoms with Gasteiger partial charge < -0.3 is 9.88 Å². The van der Waals surface area contributed by atoms with E-state index in [1.165, 1.54) is 11.1 Å². The minimum Gasteiger partial charge on any atom is -0.315 e. The number of hydrogen-bond donors (Lipinski definition) is 1. The lowest BCUT2D eigenvalue weighted by Gasteiger charge is -2.09. The zero-order valence-corrected chi connectivity index (χ0v) is 14.5. The minimum absolute atomic E-state index is 0.650. The average Bonchev–Trinajstić information content (AvgIpc) is 2.93. The Morgan fingerprint density at radius 3 is 2.61 bits per heavy atom. The van der Waals surface area contributed by atoms with Crippen LogP contribution in [0.25, 0.3) is 11.0 Å². The molecule has 3 aromatic rings. The number of hydrogen-bond acceptors (Lipinski definition) is 3. The molecule has 0 spiro atoms. The highest BCUT2D eigenvalue weighted by molar-refractivity contribution is 7.99. The number of alkyl halides is 1. The molecule has 1 N–H and O–H groups in total. The number of halogens is 1. The first-order valence-corrected chi connectivity index (χ1v) is 9.29. The summed E-state index contributed by atoms with van der Waals surface area (Å²) in [5, 5.41) is 4.39. The zero-order valence-electron chi connectivity index (χ0n) is 12.9. The van der Waals surface area contributed by atoms with Gasteiger partial charge in [-0.15, -0.1) is 11.6 Å². The second kappa shape index (κ2) is 8.39. The Labute approximate surface area is 146 Å². The summed E-state index contributed by atoms with van der Waals surface area (Å²) in [5.74, 6) is 1.63. The lowest BCUT2D eigenvalue weighted by Crippen LogP contribution is -2.19. The summed E-state index contributed by atoms with van der Waals surface area (Å²) in [6.07, 6.45) is 0. The molecule has 0 amide bonds. The lowest BCUT2D eigenvalue weighted by molar-refractivity contribution is 0.727. The number of para-hydroxylation sites is 2. The molecule has 0 aliphatic carbocycles. The Hall–Kier alpha value is -1.49. The van der Waals surface area contributed by atoms with Gasteiger partial charge in [0.2, 0.25) is 0 Å². The molecule has 0 saturated heterocycles. The maximum Gasteiger partial charge on any atom is 0.169 e. The highest BCUT2D eigenvalue weighted by Gasteiger charge is 2.11. The SMILES string of the molecule is ClCCNCCSc1nc2ccccc2n1Cc1ccccc1. The van der Waals surface area contributed by atoms with E-state index < -0.39 is 0 Å². The van der Waals surface area contributed by atoms with Crippen molar-refractivity contribution in [3.05, 3.63) is 60.2 Å². The summed E-state index contributed by atoms with van der Waals surface area (Å²) in [6.45, 7) is 2.63. The van der Waals surface area contributed by atoms with Crippen LogP contribution in [-0.2, 0) is 6.54 Å². The van der Waals surface area contributed by atoms with Crippen molar-refractivity contribution in [2.75, 3.05) is 24.7 Å². The molecule has 0 unspecified atom stereocenters. The average molecular weight is 346 g/mol. The summed E-state index contributed by atoms with van der Waals surface area (Å²) in [4.78, 5) is 4.80. The number of nitrogens with zero attached hydrogens (tertiary/aromatic N) is 2. The molecule has 0 atom stereocenters. The van der Waals surface area contributed by atoms with E-state index in [1.54, 1.807) is 11.8 Å². The van der Waals surface area contributed by atoms with Crippen molar-refractivity contribution < 1.29 is 0 Å². The van der Waals surface area contributed by atoms with E-state index in [0.29, 0.717) is 5.88 Å². The van der Waals surface area contributed by atoms with Crippen molar-refractivity contribution >= 4 is 34.4 Å². The number of aromatic nitrogens is 2. The first-order chi connectivity index (χ1) is 11.4. The van der Waals surface area contributed by atoms with Crippen LogP contribution in [-0.4, -0.2) is 34.3 Å². The third kappa shape index (κ3) is 4.28. The Bertz CT molecular complexity index is 742. The van der Waals surface area contributed by atoms with E-state index in [0.717, 1.165) is 36.1 Å². The molecule has 0 radical (unpaired) electrons. The van der Waals surface area contributed by atoms with Crippen molar-refractivity contribution in [2.45, 2.75) is 11.7 Å². The van der Waals surface area contributed by atoms with Crippen LogP contribution in [0.4, 0.5) is 0 Å². The van der Waals surface area contributed by atoms with Crippen LogP contribution in [0.1, 0.15) is 5.56 Å². The lowest BCUT2D eigenvalue weighted by atomic mass is 10.2. The van der Waals surface area contributed by atoms with Crippen molar-refractivity contribution in [3.63, 3.8) is 0 Å². The number of benzene rings is 2. The summed E-state index contributed by atoms with van der Waals surface area (Å²) >= 11 is 7.47. The van der Waals surface area contributed by atoms with E-state index >= 15 is 0 Å². The molecule has 0 saturated carbocycles.